The molecule has 4 aromatic rings. The quantitative estimate of drug-likeness (QED) is 0.541. The molecule has 0 aliphatic rings. The molecule has 0 bridgehead atoms. The molecule has 0 unspecified atom stereocenters. The standard InChI is InChI=1S/C16H15N7O2/c1-2-6-13-18-14(25-20-13)10-22-16(24)12-9-17-23(15(12)19-21-22)11-7-4-3-5-8-11/h3-5,7-9H,2,6,10H2,1H3. The van der Waals surface area contributed by atoms with E-state index in [9.17, 15) is 4.79 Å². The summed E-state index contributed by atoms with van der Waals surface area (Å²) >= 11 is 0. The Balaban J connectivity index is 1.70. The zero-order valence-corrected chi connectivity index (χ0v) is 13.5. The molecule has 126 valence electrons. The Labute approximate surface area is 141 Å². The van der Waals surface area contributed by atoms with Crippen molar-refractivity contribution in [3.8, 4) is 5.69 Å². The SMILES string of the molecule is CCCc1noc(Cn2nnc3c(cnn3-c3ccccc3)c2=O)n1. The van der Waals surface area contributed by atoms with Gasteiger partial charge in [-0.05, 0) is 18.6 Å². The number of fused-ring (bicyclic) bond motifs is 1. The van der Waals surface area contributed by atoms with E-state index in [-0.39, 0.29) is 12.1 Å². The van der Waals surface area contributed by atoms with E-state index in [2.05, 4.69) is 25.6 Å². The summed E-state index contributed by atoms with van der Waals surface area (Å²) < 4.78 is 7.93. The van der Waals surface area contributed by atoms with Crippen LogP contribution in [0.4, 0.5) is 0 Å². The lowest BCUT2D eigenvalue weighted by molar-refractivity contribution is 0.356. The van der Waals surface area contributed by atoms with E-state index in [4.69, 9.17) is 4.52 Å². The molecule has 25 heavy (non-hydrogen) atoms. The first-order valence-electron chi connectivity index (χ1n) is 7.94. The Morgan fingerprint density at radius 2 is 2.04 bits per heavy atom. The lowest BCUT2D eigenvalue weighted by Crippen LogP contribution is -2.25. The molecule has 0 atom stereocenters. The summed E-state index contributed by atoms with van der Waals surface area (Å²) in [5.74, 6) is 0.950. The van der Waals surface area contributed by atoms with Gasteiger partial charge in [-0.1, -0.05) is 35.5 Å². The van der Waals surface area contributed by atoms with Crippen LogP contribution in [0.5, 0.6) is 0 Å². The molecule has 9 heteroatoms. The molecule has 0 spiro atoms. The maximum atomic E-state index is 12.6. The maximum Gasteiger partial charge on any atom is 0.281 e. The second kappa shape index (κ2) is 6.27. The third-order valence-corrected chi connectivity index (χ3v) is 3.73. The van der Waals surface area contributed by atoms with Crippen LogP contribution in [-0.4, -0.2) is 34.9 Å². The van der Waals surface area contributed by atoms with Gasteiger partial charge in [-0.2, -0.15) is 10.1 Å². The first kappa shape index (κ1) is 15.2. The van der Waals surface area contributed by atoms with Gasteiger partial charge in [0.15, 0.2) is 11.5 Å². The van der Waals surface area contributed by atoms with Crippen LogP contribution in [0.1, 0.15) is 25.1 Å². The molecule has 1 aromatic carbocycles. The average molecular weight is 337 g/mol. The predicted molar refractivity (Wildman–Crippen MR) is 88.3 cm³/mol. The van der Waals surface area contributed by atoms with Crippen molar-refractivity contribution in [3.05, 3.63) is 58.6 Å². The van der Waals surface area contributed by atoms with Crippen LogP contribution in [0.3, 0.4) is 0 Å². The number of aryl methyl sites for hydroxylation is 1. The van der Waals surface area contributed by atoms with Crippen molar-refractivity contribution in [2.24, 2.45) is 0 Å². The number of benzene rings is 1. The van der Waals surface area contributed by atoms with Crippen molar-refractivity contribution in [3.63, 3.8) is 0 Å². The molecule has 0 aliphatic carbocycles. The molecule has 0 fully saturated rings. The van der Waals surface area contributed by atoms with Crippen molar-refractivity contribution in [2.75, 3.05) is 0 Å². The fourth-order valence-corrected chi connectivity index (χ4v) is 2.53. The molecule has 0 saturated carbocycles. The van der Waals surface area contributed by atoms with Crippen LogP contribution in [0, 0.1) is 0 Å². The van der Waals surface area contributed by atoms with Crippen LogP contribution < -0.4 is 5.56 Å². The van der Waals surface area contributed by atoms with Crippen LogP contribution in [0.15, 0.2) is 45.8 Å². The summed E-state index contributed by atoms with van der Waals surface area (Å²) in [7, 11) is 0. The molecule has 0 aliphatic heterocycles. The van der Waals surface area contributed by atoms with Crippen LogP contribution in [-0.2, 0) is 13.0 Å². The van der Waals surface area contributed by atoms with Gasteiger partial charge in [-0.25, -0.2) is 9.36 Å². The summed E-state index contributed by atoms with van der Waals surface area (Å²) in [4.78, 5) is 16.9. The highest BCUT2D eigenvalue weighted by Crippen LogP contribution is 2.12. The van der Waals surface area contributed by atoms with Crippen molar-refractivity contribution in [1.29, 1.82) is 0 Å². The fraction of sp³-hybridized carbons (Fsp3) is 0.250. The number of para-hydroxylation sites is 1. The Morgan fingerprint density at radius 3 is 2.84 bits per heavy atom. The second-order valence-corrected chi connectivity index (χ2v) is 5.54. The van der Waals surface area contributed by atoms with Gasteiger partial charge < -0.3 is 4.52 Å². The van der Waals surface area contributed by atoms with Crippen LogP contribution >= 0.6 is 0 Å². The van der Waals surface area contributed by atoms with Gasteiger partial charge in [0, 0.05) is 6.42 Å². The Kier molecular flexibility index (Phi) is 3.81. The van der Waals surface area contributed by atoms with Crippen molar-refractivity contribution in [1.82, 2.24) is 34.9 Å². The molecule has 4 rings (SSSR count). The lowest BCUT2D eigenvalue weighted by atomic mass is 10.3. The first-order chi connectivity index (χ1) is 12.3. The van der Waals surface area contributed by atoms with E-state index in [1.165, 1.54) is 10.9 Å². The highest BCUT2D eigenvalue weighted by atomic mass is 16.5. The minimum atomic E-state index is -0.303. The van der Waals surface area contributed by atoms with E-state index in [1.54, 1.807) is 4.68 Å². The summed E-state index contributed by atoms with van der Waals surface area (Å²) in [6.45, 7) is 2.11. The summed E-state index contributed by atoms with van der Waals surface area (Å²) in [6, 6.07) is 9.45. The van der Waals surface area contributed by atoms with Gasteiger partial charge in [-0.15, -0.1) is 5.10 Å². The first-order valence-corrected chi connectivity index (χ1v) is 7.94. The van der Waals surface area contributed by atoms with Crippen molar-refractivity contribution >= 4 is 11.0 Å². The van der Waals surface area contributed by atoms with Crippen molar-refractivity contribution in [2.45, 2.75) is 26.3 Å². The molecule has 0 amide bonds. The van der Waals surface area contributed by atoms with E-state index in [0.717, 1.165) is 18.5 Å². The second-order valence-electron chi connectivity index (χ2n) is 5.54. The third-order valence-electron chi connectivity index (χ3n) is 3.73. The topological polar surface area (TPSA) is 105 Å². The monoisotopic (exact) mass is 337 g/mol. The minimum Gasteiger partial charge on any atom is -0.337 e. The summed E-state index contributed by atoms with van der Waals surface area (Å²) in [5, 5.41) is 16.6. The number of hydrogen-bond acceptors (Lipinski definition) is 7. The largest absolute Gasteiger partial charge is 0.337 e. The predicted octanol–water partition coefficient (Wildman–Crippen LogP) is 1.36. The minimum absolute atomic E-state index is 0.0784. The molecule has 0 radical (unpaired) electrons. The van der Waals surface area contributed by atoms with Gasteiger partial charge in [0.25, 0.3) is 5.56 Å². The Hall–Kier alpha value is -3.36. The van der Waals surface area contributed by atoms with E-state index in [0.29, 0.717) is 22.7 Å². The zero-order valence-electron chi connectivity index (χ0n) is 13.5. The van der Waals surface area contributed by atoms with Gasteiger partial charge >= 0.3 is 0 Å². The maximum absolute atomic E-state index is 12.6. The summed E-state index contributed by atoms with van der Waals surface area (Å²) in [5.41, 5.74) is 0.914. The Morgan fingerprint density at radius 1 is 1.20 bits per heavy atom. The van der Waals surface area contributed by atoms with E-state index < -0.39 is 0 Å². The highest BCUT2D eigenvalue weighted by molar-refractivity contribution is 5.74. The molecule has 3 aromatic heterocycles. The average Bonchev–Trinajstić information content (AvgIpc) is 3.26. The van der Waals surface area contributed by atoms with Crippen molar-refractivity contribution < 1.29 is 4.52 Å². The van der Waals surface area contributed by atoms with Gasteiger partial charge in [0.05, 0.1) is 11.9 Å². The molecule has 9 nitrogen and oxygen atoms in total. The number of rotatable bonds is 5. The highest BCUT2D eigenvalue weighted by Gasteiger charge is 2.14. The smallest absolute Gasteiger partial charge is 0.281 e. The van der Waals surface area contributed by atoms with E-state index >= 15 is 0 Å². The van der Waals surface area contributed by atoms with Crippen LogP contribution in [0.2, 0.25) is 0 Å². The summed E-state index contributed by atoms with van der Waals surface area (Å²) in [6.07, 6.45) is 3.14. The third kappa shape index (κ3) is 2.80. The fourth-order valence-electron chi connectivity index (χ4n) is 2.53. The molecule has 0 N–H and O–H groups in total. The number of aromatic nitrogens is 7. The molecule has 3 heterocycles. The number of nitrogens with zero attached hydrogens (tertiary/aromatic N) is 7. The van der Waals surface area contributed by atoms with Gasteiger partial charge in [0.2, 0.25) is 5.89 Å². The van der Waals surface area contributed by atoms with E-state index in [1.807, 2.05) is 37.3 Å². The Bertz CT molecular complexity index is 1060. The normalized spacial score (nSPS) is 11.2. The lowest BCUT2D eigenvalue weighted by Gasteiger charge is -2.02. The molecular weight excluding hydrogens is 322 g/mol. The molecule has 0 saturated heterocycles. The molecular formula is C16H15N7O2. The number of hydrogen-bond donors (Lipinski definition) is 0. The van der Waals surface area contributed by atoms with Crippen LogP contribution in [0.25, 0.3) is 16.7 Å². The van der Waals surface area contributed by atoms with Gasteiger partial charge in [-0.3, -0.25) is 4.79 Å². The van der Waals surface area contributed by atoms with Gasteiger partial charge in [0.1, 0.15) is 11.9 Å². The zero-order chi connectivity index (χ0) is 17.2.